The fourth-order valence-corrected chi connectivity index (χ4v) is 2.25. The van der Waals surface area contributed by atoms with Gasteiger partial charge in [0.1, 0.15) is 0 Å². The predicted molar refractivity (Wildman–Crippen MR) is 61.4 cm³/mol. The van der Waals surface area contributed by atoms with Gasteiger partial charge in [-0.3, -0.25) is 0 Å². The monoisotopic (exact) mass is 198 g/mol. The molecule has 1 rings (SSSR count). The molecule has 0 radical (unpaired) electrons. The number of hydrogen-bond acceptors (Lipinski definition) is 1. The van der Waals surface area contributed by atoms with Gasteiger partial charge >= 0.3 is 0 Å². The molecule has 0 aromatic carbocycles. The zero-order chi connectivity index (χ0) is 10.6. The number of hydrogen-bond donors (Lipinski definition) is 0. The van der Waals surface area contributed by atoms with Crippen molar-refractivity contribution < 1.29 is 4.74 Å². The first-order valence-corrected chi connectivity index (χ1v) is 6.21. The Labute approximate surface area is 89.2 Å². The Kier molecular flexibility index (Phi) is 4.94. The summed E-state index contributed by atoms with van der Waals surface area (Å²) in [7, 11) is 0. The summed E-state index contributed by atoms with van der Waals surface area (Å²) in [5, 5.41) is 0. The van der Waals surface area contributed by atoms with E-state index in [9.17, 15) is 0 Å². The summed E-state index contributed by atoms with van der Waals surface area (Å²) in [6.45, 7) is 10.1. The van der Waals surface area contributed by atoms with Crippen LogP contribution in [0.4, 0.5) is 0 Å². The molecule has 0 amide bonds. The third-order valence-corrected chi connectivity index (χ3v) is 3.33. The summed E-state index contributed by atoms with van der Waals surface area (Å²) >= 11 is 0. The molecule has 1 aliphatic carbocycles. The van der Waals surface area contributed by atoms with E-state index in [0.717, 1.165) is 18.4 Å². The fourth-order valence-electron chi connectivity index (χ4n) is 2.25. The Hall–Kier alpha value is -0.0400. The lowest BCUT2D eigenvalue weighted by atomic mass is 9.80. The van der Waals surface area contributed by atoms with E-state index in [2.05, 4.69) is 27.7 Å². The van der Waals surface area contributed by atoms with Gasteiger partial charge in [-0.2, -0.15) is 0 Å². The summed E-state index contributed by atoms with van der Waals surface area (Å²) in [5.41, 5.74) is 0. The molecule has 0 heterocycles. The van der Waals surface area contributed by atoms with E-state index in [4.69, 9.17) is 4.74 Å². The lowest BCUT2D eigenvalue weighted by Crippen LogP contribution is -2.25. The van der Waals surface area contributed by atoms with Crippen LogP contribution in [0, 0.1) is 17.8 Å². The third kappa shape index (κ3) is 4.00. The quantitative estimate of drug-likeness (QED) is 0.666. The number of ether oxygens (including phenoxy) is 1. The molecule has 1 heteroatoms. The van der Waals surface area contributed by atoms with Crippen LogP contribution in [-0.2, 0) is 4.74 Å². The maximum atomic E-state index is 5.87. The summed E-state index contributed by atoms with van der Waals surface area (Å²) < 4.78 is 5.87. The van der Waals surface area contributed by atoms with Crippen LogP contribution in [0.2, 0.25) is 0 Å². The minimum absolute atomic E-state index is 0.562. The Morgan fingerprint density at radius 1 is 1.00 bits per heavy atom. The van der Waals surface area contributed by atoms with E-state index in [1.807, 2.05) is 0 Å². The summed E-state index contributed by atoms with van der Waals surface area (Å²) in [4.78, 5) is 0. The van der Waals surface area contributed by atoms with Crippen LogP contribution in [0.5, 0.6) is 0 Å². The van der Waals surface area contributed by atoms with Crippen molar-refractivity contribution >= 4 is 0 Å². The van der Waals surface area contributed by atoms with Gasteiger partial charge in [0.05, 0.1) is 6.10 Å². The van der Waals surface area contributed by atoms with E-state index < -0.39 is 0 Å². The van der Waals surface area contributed by atoms with Crippen molar-refractivity contribution in [3.8, 4) is 0 Å². The second-order valence-corrected chi connectivity index (χ2v) is 5.51. The molecule has 0 bridgehead atoms. The maximum Gasteiger partial charge on any atom is 0.0575 e. The van der Waals surface area contributed by atoms with Gasteiger partial charge in [0.2, 0.25) is 0 Å². The first kappa shape index (κ1) is 12.0. The molecule has 0 aromatic rings. The lowest BCUT2D eigenvalue weighted by Gasteiger charge is -2.31. The average Bonchev–Trinajstić information content (AvgIpc) is 2.15. The van der Waals surface area contributed by atoms with Gasteiger partial charge in [-0.15, -0.1) is 0 Å². The first-order chi connectivity index (χ1) is 6.59. The normalized spacial score (nSPS) is 28.7. The molecule has 0 N–H and O–H groups in total. The van der Waals surface area contributed by atoms with Crippen molar-refractivity contribution in [3.63, 3.8) is 0 Å². The molecule has 1 nitrogen and oxygen atoms in total. The van der Waals surface area contributed by atoms with Gasteiger partial charge in [-0.1, -0.05) is 27.7 Å². The van der Waals surface area contributed by atoms with Crippen LogP contribution < -0.4 is 0 Å². The molecule has 0 saturated heterocycles. The van der Waals surface area contributed by atoms with E-state index >= 15 is 0 Å². The Morgan fingerprint density at radius 2 is 1.57 bits per heavy atom. The lowest BCUT2D eigenvalue weighted by molar-refractivity contribution is 0.000293. The topological polar surface area (TPSA) is 9.23 Å². The summed E-state index contributed by atoms with van der Waals surface area (Å²) in [6.07, 6.45) is 5.89. The number of rotatable bonds is 4. The first-order valence-electron chi connectivity index (χ1n) is 6.21. The highest BCUT2D eigenvalue weighted by Gasteiger charge is 2.23. The molecular weight excluding hydrogens is 172 g/mol. The van der Waals surface area contributed by atoms with Gasteiger partial charge in [0.25, 0.3) is 0 Å². The van der Waals surface area contributed by atoms with E-state index in [0.29, 0.717) is 12.0 Å². The van der Waals surface area contributed by atoms with Gasteiger partial charge in [0.15, 0.2) is 0 Å². The Morgan fingerprint density at radius 3 is 2.00 bits per heavy atom. The Balaban J connectivity index is 2.16. The molecule has 0 spiro atoms. The standard InChI is InChI=1S/C13H26O/c1-10(2)9-14-13-7-5-12(6-8-13)11(3)4/h10-13H,5-9H2,1-4H3. The average molecular weight is 198 g/mol. The van der Waals surface area contributed by atoms with E-state index in [-0.39, 0.29) is 0 Å². The largest absolute Gasteiger partial charge is 0.378 e. The molecule has 0 aromatic heterocycles. The van der Waals surface area contributed by atoms with Gasteiger partial charge < -0.3 is 4.74 Å². The van der Waals surface area contributed by atoms with Crippen LogP contribution in [0.3, 0.4) is 0 Å². The van der Waals surface area contributed by atoms with E-state index in [1.165, 1.54) is 25.7 Å². The third-order valence-electron chi connectivity index (χ3n) is 3.33. The maximum absolute atomic E-state index is 5.87. The highest BCUT2D eigenvalue weighted by Crippen LogP contribution is 2.31. The predicted octanol–water partition coefficient (Wildman–Crippen LogP) is 3.87. The second kappa shape index (κ2) is 5.75. The molecule has 84 valence electrons. The SMILES string of the molecule is CC(C)COC1CCC(C(C)C)CC1. The molecule has 0 aliphatic heterocycles. The summed E-state index contributed by atoms with van der Waals surface area (Å²) in [5.74, 6) is 2.49. The highest BCUT2D eigenvalue weighted by atomic mass is 16.5. The van der Waals surface area contributed by atoms with Gasteiger partial charge in [0, 0.05) is 6.61 Å². The van der Waals surface area contributed by atoms with Crippen molar-refractivity contribution in [2.75, 3.05) is 6.61 Å². The molecule has 14 heavy (non-hydrogen) atoms. The smallest absolute Gasteiger partial charge is 0.0575 e. The molecule has 1 saturated carbocycles. The van der Waals surface area contributed by atoms with Crippen LogP contribution in [0.15, 0.2) is 0 Å². The molecule has 0 atom stereocenters. The summed E-state index contributed by atoms with van der Waals surface area (Å²) in [6, 6.07) is 0. The van der Waals surface area contributed by atoms with Crippen LogP contribution >= 0.6 is 0 Å². The van der Waals surface area contributed by atoms with Crippen molar-refractivity contribution in [3.05, 3.63) is 0 Å². The van der Waals surface area contributed by atoms with E-state index in [1.54, 1.807) is 0 Å². The van der Waals surface area contributed by atoms with Crippen molar-refractivity contribution in [1.29, 1.82) is 0 Å². The second-order valence-electron chi connectivity index (χ2n) is 5.51. The fraction of sp³-hybridized carbons (Fsp3) is 1.00. The highest BCUT2D eigenvalue weighted by molar-refractivity contribution is 4.74. The van der Waals surface area contributed by atoms with Gasteiger partial charge in [-0.05, 0) is 43.4 Å². The van der Waals surface area contributed by atoms with Gasteiger partial charge in [-0.25, -0.2) is 0 Å². The minimum Gasteiger partial charge on any atom is -0.378 e. The molecule has 0 unspecified atom stereocenters. The molecular formula is C13H26O. The minimum atomic E-state index is 0.562. The molecule has 1 aliphatic rings. The zero-order valence-electron chi connectivity index (χ0n) is 10.3. The van der Waals surface area contributed by atoms with Crippen LogP contribution in [-0.4, -0.2) is 12.7 Å². The van der Waals surface area contributed by atoms with Crippen molar-refractivity contribution in [2.45, 2.75) is 59.5 Å². The van der Waals surface area contributed by atoms with Crippen LogP contribution in [0.25, 0.3) is 0 Å². The molecule has 1 fully saturated rings. The van der Waals surface area contributed by atoms with Crippen LogP contribution in [0.1, 0.15) is 53.4 Å². The van der Waals surface area contributed by atoms with Crippen molar-refractivity contribution in [1.82, 2.24) is 0 Å². The Bertz CT molecular complexity index is 143. The zero-order valence-corrected chi connectivity index (χ0v) is 10.3. The van der Waals surface area contributed by atoms with Crippen molar-refractivity contribution in [2.24, 2.45) is 17.8 Å².